The SMILES string of the molecule is CC1COC(CO)CN1c1ccc(Cl)c(C(=O)O)n1. The summed E-state index contributed by atoms with van der Waals surface area (Å²) in [5, 5.41) is 18.3. The van der Waals surface area contributed by atoms with Gasteiger partial charge < -0.3 is 19.8 Å². The molecule has 7 heteroatoms. The van der Waals surface area contributed by atoms with Crippen LogP contribution in [-0.2, 0) is 4.74 Å². The highest BCUT2D eigenvalue weighted by Crippen LogP contribution is 2.23. The predicted octanol–water partition coefficient (Wildman–Crippen LogP) is 1.02. The van der Waals surface area contributed by atoms with Gasteiger partial charge in [0, 0.05) is 6.54 Å². The van der Waals surface area contributed by atoms with Crippen molar-refractivity contribution in [2.24, 2.45) is 0 Å². The molecular formula is C12H15ClN2O4. The van der Waals surface area contributed by atoms with Crippen molar-refractivity contribution in [2.75, 3.05) is 24.7 Å². The lowest BCUT2D eigenvalue weighted by Gasteiger charge is -2.38. The second-order valence-corrected chi connectivity index (χ2v) is 4.85. The fourth-order valence-electron chi connectivity index (χ4n) is 1.99. The molecule has 0 aliphatic carbocycles. The molecule has 0 radical (unpaired) electrons. The third-order valence-corrected chi connectivity index (χ3v) is 3.34. The van der Waals surface area contributed by atoms with Gasteiger partial charge in [0.05, 0.1) is 30.4 Å². The molecule has 0 aromatic carbocycles. The maximum absolute atomic E-state index is 11.0. The second-order valence-electron chi connectivity index (χ2n) is 4.44. The van der Waals surface area contributed by atoms with Crippen LogP contribution >= 0.6 is 11.6 Å². The normalized spacial score (nSPS) is 23.4. The molecule has 1 aliphatic heterocycles. The van der Waals surface area contributed by atoms with Crippen LogP contribution in [0.15, 0.2) is 12.1 Å². The number of aromatic nitrogens is 1. The summed E-state index contributed by atoms with van der Waals surface area (Å²) >= 11 is 5.80. The van der Waals surface area contributed by atoms with Gasteiger partial charge in [0.1, 0.15) is 5.82 Å². The van der Waals surface area contributed by atoms with E-state index in [4.69, 9.17) is 26.6 Å². The highest BCUT2D eigenvalue weighted by molar-refractivity contribution is 6.33. The molecule has 1 saturated heterocycles. The fourth-order valence-corrected chi connectivity index (χ4v) is 2.17. The molecule has 6 nitrogen and oxygen atoms in total. The van der Waals surface area contributed by atoms with Gasteiger partial charge in [-0.2, -0.15) is 0 Å². The van der Waals surface area contributed by atoms with Crippen molar-refractivity contribution in [1.29, 1.82) is 0 Å². The van der Waals surface area contributed by atoms with Crippen molar-refractivity contribution in [1.82, 2.24) is 4.98 Å². The van der Waals surface area contributed by atoms with Gasteiger partial charge >= 0.3 is 5.97 Å². The summed E-state index contributed by atoms with van der Waals surface area (Å²) in [6, 6.07) is 3.24. The maximum Gasteiger partial charge on any atom is 0.356 e. The first-order chi connectivity index (χ1) is 9.02. The minimum absolute atomic E-state index is 0.0538. The molecule has 1 aliphatic rings. The van der Waals surface area contributed by atoms with Gasteiger partial charge in [-0.25, -0.2) is 9.78 Å². The van der Waals surface area contributed by atoms with Crippen LogP contribution in [0.25, 0.3) is 0 Å². The largest absolute Gasteiger partial charge is 0.476 e. The molecule has 0 spiro atoms. The van der Waals surface area contributed by atoms with Crippen molar-refractivity contribution >= 4 is 23.4 Å². The Morgan fingerprint density at radius 3 is 3.00 bits per heavy atom. The van der Waals surface area contributed by atoms with E-state index < -0.39 is 5.97 Å². The van der Waals surface area contributed by atoms with Gasteiger partial charge in [0.15, 0.2) is 5.69 Å². The smallest absolute Gasteiger partial charge is 0.356 e. The van der Waals surface area contributed by atoms with Gasteiger partial charge in [0.25, 0.3) is 0 Å². The number of hydrogen-bond acceptors (Lipinski definition) is 5. The number of aromatic carboxylic acids is 1. The number of carboxylic acids is 1. The van der Waals surface area contributed by atoms with E-state index in [0.29, 0.717) is 19.0 Å². The number of ether oxygens (including phenoxy) is 1. The summed E-state index contributed by atoms with van der Waals surface area (Å²) in [6.45, 7) is 2.79. The van der Waals surface area contributed by atoms with E-state index in [1.165, 1.54) is 6.07 Å². The Morgan fingerprint density at radius 2 is 2.37 bits per heavy atom. The zero-order chi connectivity index (χ0) is 14.0. The van der Waals surface area contributed by atoms with Crippen molar-refractivity contribution in [3.05, 3.63) is 22.8 Å². The van der Waals surface area contributed by atoms with Crippen LogP contribution in [0.2, 0.25) is 5.02 Å². The summed E-state index contributed by atoms with van der Waals surface area (Å²) in [5.74, 6) is -0.637. The molecule has 104 valence electrons. The molecule has 0 saturated carbocycles. The van der Waals surface area contributed by atoms with Crippen LogP contribution in [0.5, 0.6) is 0 Å². The zero-order valence-electron chi connectivity index (χ0n) is 10.4. The number of carbonyl (C=O) groups is 1. The number of morpholine rings is 1. The van der Waals surface area contributed by atoms with E-state index in [1.807, 2.05) is 11.8 Å². The second kappa shape index (κ2) is 5.73. The minimum Gasteiger partial charge on any atom is -0.476 e. The first-order valence-electron chi connectivity index (χ1n) is 5.92. The first kappa shape index (κ1) is 14.0. The van der Waals surface area contributed by atoms with E-state index >= 15 is 0 Å². The molecule has 2 heterocycles. The minimum atomic E-state index is -1.16. The number of aliphatic hydroxyl groups excluding tert-OH is 1. The summed E-state index contributed by atoms with van der Waals surface area (Å²) in [4.78, 5) is 17.0. The molecule has 2 atom stereocenters. The van der Waals surface area contributed by atoms with E-state index in [-0.39, 0.29) is 29.5 Å². The van der Waals surface area contributed by atoms with Crippen molar-refractivity contribution in [3.63, 3.8) is 0 Å². The Balaban J connectivity index is 2.29. The van der Waals surface area contributed by atoms with Gasteiger partial charge in [-0.3, -0.25) is 0 Å². The van der Waals surface area contributed by atoms with Crippen molar-refractivity contribution < 1.29 is 19.7 Å². The third-order valence-electron chi connectivity index (χ3n) is 3.04. The number of hydrogen-bond donors (Lipinski definition) is 2. The van der Waals surface area contributed by atoms with Crippen LogP contribution in [0.1, 0.15) is 17.4 Å². The Labute approximate surface area is 115 Å². The number of carboxylic acid groups (broad SMARTS) is 1. The van der Waals surface area contributed by atoms with Gasteiger partial charge in [0.2, 0.25) is 0 Å². The van der Waals surface area contributed by atoms with E-state index in [0.717, 1.165) is 0 Å². The van der Waals surface area contributed by atoms with Crippen LogP contribution < -0.4 is 4.90 Å². The van der Waals surface area contributed by atoms with Crippen LogP contribution in [0.4, 0.5) is 5.82 Å². The summed E-state index contributed by atoms with van der Waals surface area (Å²) < 4.78 is 5.43. The molecule has 19 heavy (non-hydrogen) atoms. The van der Waals surface area contributed by atoms with Crippen molar-refractivity contribution in [2.45, 2.75) is 19.1 Å². The molecule has 1 aromatic rings. The van der Waals surface area contributed by atoms with Gasteiger partial charge in [-0.1, -0.05) is 11.6 Å². The standard InChI is InChI=1S/C12H15ClN2O4/c1-7-6-19-8(5-16)4-15(7)10-3-2-9(13)11(14-10)12(17)18/h2-3,7-8,16H,4-6H2,1H3,(H,17,18). The van der Waals surface area contributed by atoms with Crippen LogP contribution in [0.3, 0.4) is 0 Å². The summed E-state index contributed by atoms with van der Waals surface area (Å²) in [7, 11) is 0. The maximum atomic E-state index is 11.0. The summed E-state index contributed by atoms with van der Waals surface area (Å²) in [5.41, 5.74) is -0.168. The number of aliphatic hydroxyl groups is 1. The Kier molecular flexibility index (Phi) is 4.24. The lowest BCUT2D eigenvalue weighted by Crippen LogP contribution is -2.50. The highest BCUT2D eigenvalue weighted by Gasteiger charge is 2.27. The first-order valence-corrected chi connectivity index (χ1v) is 6.29. The third kappa shape index (κ3) is 2.97. The molecule has 2 rings (SSSR count). The molecule has 2 N–H and O–H groups in total. The average Bonchev–Trinajstić information content (AvgIpc) is 2.40. The lowest BCUT2D eigenvalue weighted by molar-refractivity contribution is -0.0105. The van der Waals surface area contributed by atoms with Crippen LogP contribution in [0, 0.1) is 0 Å². The average molecular weight is 287 g/mol. The van der Waals surface area contributed by atoms with E-state index in [9.17, 15) is 4.79 Å². The number of halogens is 1. The highest BCUT2D eigenvalue weighted by atomic mass is 35.5. The van der Waals surface area contributed by atoms with Crippen molar-refractivity contribution in [3.8, 4) is 0 Å². The molecule has 0 bridgehead atoms. The van der Waals surface area contributed by atoms with E-state index in [2.05, 4.69) is 4.98 Å². The fraction of sp³-hybridized carbons (Fsp3) is 0.500. The number of nitrogens with zero attached hydrogens (tertiary/aromatic N) is 2. The number of rotatable bonds is 3. The Hall–Kier alpha value is -1.37. The number of pyridine rings is 1. The molecule has 1 aromatic heterocycles. The molecule has 2 unspecified atom stereocenters. The Morgan fingerprint density at radius 1 is 1.63 bits per heavy atom. The topological polar surface area (TPSA) is 82.9 Å². The lowest BCUT2D eigenvalue weighted by atomic mass is 10.2. The molecule has 0 amide bonds. The Bertz CT molecular complexity index is 483. The number of anilines is 1. The summed E-state index contributed by atoms with van der Waals surface area (Å²) in [6.07, 6.45) is -0.290. The predicted molar refractivity (Wildman–Crippen MR) is 69.8 cm³/mol. The zero-order valence-corrected chi connectivity index (χ0v) is 11.2. The molecular weight excluding hydrogens is 272 g/mol. The quantitative estimate of drug-likeness (QED) is 0.863. The van der Waals surface area contributed by atoms with E-state index in [1.54, 1.807) is 6.07 Å². The monoisotopic (exact) mass is 286 g/mol. The van der Waals surface area contributed by atoms with Crippen LogP contribution in [-0.4, -0.2) is 53.1 Å². The van der Waals surface area contributed by atoms with Gasteiger partial charge in [-0.05, 0) is 19.1 Å². The van der Waals surface area contributed by atoms with Gasteiger partial charge in [-0.15, -0.1) is 0 Å². The molecule has 1 fully saturated rings.